The molecule has 146 valence electrons. The van der Waals surface area contributed by atoms with E-state index in [1.807, 2.05) is 20.8 Å². The molecule has 5 nitrogen and oxygen atoms in total. The minimum absolute atomic E-state index is 0.00526. The van der Waals surface area contributed by atoms with Gasteiger partial charge in [-0.2, -0.15) is 0 Å². The smallest absolute Gasteiger partial charge is 0.311 e. The molecule has 25 heavy (non-hydrogen) atoms. The van der Waals surface area contributed by atoms with Crippen LogP contribution in [0.3, 0.4) is 0 Å². The molecule has 1 aliphatic heterocycles. The Morgan fingerprint density at radius 3 is 2.40 bits per heavy atom. The fourth-order valence-corrected chi connectivity index (χ4v) is 4.29. The molecule has 2 rings (SSSR count). The maximum absolute atomic E-state index is 12.8. The van der Waals surface area contributed by atoms with Gasteiger partial charge >= 0.3 is 5.97 Å². The number of rotatable bonds is 6. The van der Waals surface area contributed by atoms with E-state index in [1.165, 1.54) is 32.1 Å². The topological polar surface area (TPSA) is 59.0 Å². The van der Waals surface area contributed by atoms with Gasteiger partial charge in [0.25, 0.3) is 0 Å². The third-order valence-electron chi connectivity index (χ3n) is 5.65. The molecule has 2 unspecified atom stereocenters. The lowest BCUT2D eigenvalue weighted by molar-refractivity contribution is -0.162. The van der Waals surface area contributed by atoms with Gasteiger partial charge in [0.2, 0.25) is 0 Å². The molecule has 2 aliphatic rings. The van der Waals surface area contributed by atoms with Crippen LogP contribution in [0.5, 0.6) is 0 Å². The summed E-state index contributed by atoms with van der Waals surface area (Å²) in [5.74, 6) is 0.325. The van der Waals surface area contributed by atoms with Gasteiger partial charge in [-0.1, -0.05) is 19.3 Å². The van der Waals surface area contributed by atoms with Crippen LogP contribution in [0.15, 0.2) is 0 Å². The van der Waals surface area contributed by atoms with Gasteiger partial charge in [-0.15, -0.1) is 0 Å². The zero-order valence-corrected chi connectivity index (χ0v) is 16.7. The number of esters is 1. The molecule has 2 fully saturated rings. The van der Waals surface area contributed by atoms with Crippen molar-refractivity contribution in [2.75, 3.05) is 19.8 Å². The molecule has 1 saturated heterocycles. The van der Waals surface area contributed by atoms with Crippen molar-refractivity contribution in [3.63, 3.8) is 0 Å². The first-order chi connectivity index (χ1) is 11.6. The van der Waals surface area contributed by atoms with Gasteiger partial charge in [0.05, 0.1) is 19.1 Å². The van der Waals surface area contributed by atoms with E-state index in [4.69, 9.17) is 14.6 Å². The van der Waals surface area contributed by atoms with Crippen LogP contribution in [0, 0.1) is 11.8 Å². The number of aliphatic hydroxyl groups excluding tert-OH is 1. The highest BCUT2D eigenvalue weighted by Gasteiger charge is 2.52. The number of carbonyl (C=O) groups excluding carboxylic acids is 1. The lowest BCUT2D eigenvalue weighted by Crippen LogP contribution is -2.50. The van der Waals surface area contributed by atoms with Crippen LogP contribution < -0.4 is 0 Å². The van der Waals surface area contributed by atoms with E-state index in [-0.39, 0.29) is 30.3 Å². The van der Waals surface area contributed by atoms with E-state index in [0.29, 0.717) is 18.9 Å². The van der Waals surface area contributed by atoms with E-state index < -0.39 is 5.60 Å². The highest BCUT2D eigenvalue weighted by molar-refractivity contribution is 5.75. The summed E-state index contributed by atoms with van der Waals surface area (Å²) in [5, 5.41) is 9.16. The number of hydrogen-bond acceptors (Lipinski definition) is 5. The van der Waals surface area contributed by atoms with Crippen LogP contribution in [0.25, 0.3) is 0 Å². The highest BCUT2D eigenvalue weighted by atomic mass is 16.6. The third kappa shape index (κ3) is 5.41. The van der Waals surface area contributed by atoms with Crippen molar-refractivity contribution in [2.24, 2.45) is 11.8 Å². The highest BCUT2D eigenvalue weighted by Crippen LogP contribution is 2.42. The van der Waals surface area contributed by atoms with Crippen LogP contribution >= 0.6 is 0 Å². The van der Waals surface area contributed by atoms with E-state index in [9.17, 15) is 4.79 Å². The third-order valence-corrected chi connectivity index (χ3v) is 5.65. The Morgan fingerprint density at radius 1 is 1.20 bits per heavy atom. The number of hydrogen-bond donors (Lipinski definition) is 1. The van der Waals surface area contributed by atoms with Crippen molar-refractivity contribution >= 4 is 5.97 Å². The van der Waals surface area contributed by atoms with E-state index in [2.05, 4.69) is 18.7 Å². The first-order valence-electron chi connectivity index (χ1n) is 9.87. The van der Waals surface area contributed by atoms with Gasteiger partial charge in [0.1, 0.15) is 11.8 Å². The quantitative estimate of drug-likeness (QED) is 0.741. The van der Waals surface area contributed by atoms with Crippen LogP contribution in [-0.2, 0) is 14.3 Å². The van der Waals surface area contributed by atoms with Gasteiger partial charge in [0, 0.05) is 18.5 Å². The Bertz CT molecular complexity index is 437. The Labute approximate surface area is 153 Å². The first kappa shape index (κ1) is 20.7. The molecule has 0 bridgehead atoms. The SMILES string of the molecule is CC(C)(C)OC(=O)C1CC(OCCO)N(CC2CCCCC2)C1(C)C. The predicted molar refractivity (Wildman–Crippen MR) is 98.1 cm³/mol. The lowest BCUT2D eigenvalue weighted by Gasteiger charge is -2.40. The van der Waals surface area contributed by atoms with Gasteiger partial charge < -0.3 is 14.6 Å². The molecule has 0 spiro atoms. The fraction of sp³-hybridized carbons (Fsp3) is 0.950. The Balaban J connectivity index is 2.13. The molecule has 1 heterocycles. The second-order valence-electron chi connectivity index (χ2n) is 9.18. The summed E-state index contributed by atoms with van der Waals surface area (Å²) >= 11 is 0. The summed E-state index contributed by atoms with van der Waals surface area (Å²) in [6.07, 6.45) is 6.97. The number of aliphatic hydroxyl groups is 1. The number of nitrogens with zero attached hydrogens (tertiary/aromatic N) is 1. The van der Waals surface area contributed by atoms with Crippen molar-refractivity contribution < 1.29 is 19.4 Å². The zero-order chi connectivity index (χ0) is 18.7. The summed E-state index contributed by atoms with van der Waals surface area (Å²) in [6, 6.07) is 0. The Kier molecular flexibility index (Phi) is 6.91. The van der Waals surface area contributed by atoms with Crippen molar-refractivity contribution in [3.05, 3.63) is 0 Å². The summed E-state index contributed by atoms with van der Waals surface area (Å²) in [6.45, 7) is 11.3. The summed E-state index contributed by atoms with van der Waals surface area (Å²) in [4.78, 5) is 15.1. The zero-order valence-electron chi connectivity index (χ0n) is 16.7. The van der Waals surface area contributed by atoms with Crippen LogP contribution in [0.1, 0.15) is 73.1 Å². The minimum Gasteiger partial charge on any atom is -0.460 e. The largest absolute Gasteiger partial charge is 0.460 e. The molecule has 0 aromatic rings. The first-order valence-corrected chi connectivity index (χ1v) is 9.87. The van der Waals surface area contributed by atoms with Crippen molar-refractivity contribution in [3.8, 4) is 0 Å². The summed E-state index contributed by atoms with van der Waals surface area (Å²) in [5.41, 5.74) is -0.786. The van der Waals surface area contributed by atoms with E-state index in [1.54, 1.807) is 0 Å². The number of likely N-dealkylation sites (tertiary alicyclic amines) is 1. The normalized spacial score (nSPS) is 28.2. The second-order valence-corrected chi connectivity index (χ2v) is 9.18. The van der Waals surface area contributed by atoms with Gasteiger partial charge in [-0.05, 0) is 53.4 Å². The fourth-order valence-electron chi connectivity index (χ4n) is 4.29. The van der Waals surface area contributed by atoms with Crippen LogP contribution in [0.2, 0.25) is 0 Å². The number of carbonyl (C=O) groups is 1. The molecule has 1 N–H and O–H groups in total. The minimum atomic E-state index is -0.481. The maximum atomic E-state index is 12.8. The van der Waals surface area contributed by atoms with Gasteiger partial charge in [-0.25, -0.2) is 0 Å². The maximum Gasteiger partial charge on any atom is 0.311 e. The molecule has 0 radical (unpaired) electrons. The average Bonchev–Trinajstić information content (AvgIpc) is 2.76. The average molecular weight is 356 g/mol. The molecule has 2 atom stereocenters. The van der Waals surface area contributed by atoms with Gasteiger partial charge in [-0.3, -0.25) is 9.69 Å². The Morgan fingerprint density at radius 2 is 1.84 bits per heavy atom. The second kappa shape index (κ2) is 8.36. The molecule has 0 aromatic heterocycles. The van der Waals surface area contributed by atoms with E-state index >= 15 is 0 Å². The predicted octanol–water partition coefficient (Wildman–Crippen LogP) is 3.34. The Hall–Kier alpha value is -0.650. The molecule has 1 aliphatic carbocycles. The molecular formula is C20H37NO4. The summed E-state index contributed by atoms with van der Waals surface area (Å²) < 4.78 is 11.6. The molecular weight excluding hydrogens is 318 g/mol. The van der Waals surface area contributed by atoms with Crippen molar-refractivity contribution in [1.29, 1.82) is 0 Å². The van der Waals surface area contributed by atoms with Crippen LogP contribution in [-0.4, -0.2) is 53.1 Å². The van der Waals surface area contributed by atoms with Crippen molar-refractivity contribution in [1.82, 2.24) is 4.90 Å². The molecule has 1 saturated carbocycles. The van der Waals surface area contributed by atoms with Gasteiger partial charge in [0.15, 0.2) is 0 Å². The lowest BCUT2D eigenvalue weighted by atomic mass is 9.85. The molecule has 5 heteroatoms. The monoisotopic (exact) mass is 355 g/mol. The van der Waals surface area contributed by atoms with E-state index in [0.717, 1.165) is 6.54 Å². The van der Waals surface area contributed by atoms with Crippen molar-refractivity contribution in [2.45, 2.75) is 90.5 Å². The molecule has 0 amide bonds. The standard InChI is InChI=1S/C20H37NO4/c1-19(2,3)25-18(23)16-13-17(24-12-11-22)21(20(16,4)5)14-15-9-7-6-8-10-15/h15-17,22H,6-14H2,1-5H3. The summed E-state index contributed by atoms with van der Waals surface area (Å²) in [7, 11) is 0. The number of ether oxygens (including phenoxy) is 2. The van der Waals surface area contributed by atoms with Crippen LogP contribution in [0.4, 0.5) is 0 Å². The molecule has 0 aromatic carbocycles.